The van der Waals surface area contributed by atoms with Gasteiger partial charge >= 0.3 is 12.4 Å². The van der Waals surface area contributed by atoms with Crippen molar-refractivity contribution in [1.29, 1.82) is 0 Å². The monoisotopic (exact) mass is 605 g/mol. The number of furan rings is 2. The van der Waals surface area contributed by atoms with E-state index < -0.39 is 60.6 Å². The van der Waals surface area contributed by atoms with Gasteiger partial charge < -0.3 is 19.1 Å². The first-order valence-electron chi connectivity index (χ1n) is 13.1. The summed E-state index contributed by atoms with van der Waals surface area (Å²) in [6.07, 6.45) is -6.15. The van der Waals surface area contributed by atoms with Crippen molar-refractivity contribution in [3.05, 3.63) is 95.4 Å². The zero-order valence-electron chi connectivity index (χ0n) is 22.8. The lowest BCUT2D eigenvalue weighted by Gasteiger charge is -2.43. The van der Waals surface area contributed by atoms with Gasteiger partial charge in [0.1, 0.15) is 23.3 Å². The lowest BCUT2D eigenvalue weighted by Crippen LogP contribution is -2.52. The first kappa shape index (κ1) is 29.9. The van der Waals surface area contributed by atoms with Crippen LogP contribution in [0.15, 0.2) is 76.1 Å². The average molecular weight is 606 g/mol. The fraction of sp³-hybridized carbons (Fsp3) is 0.300. The summed E-state index contributed by atoms with van der Waals surface area (Å²) in [4.78, 5) is 32.3. The number of halogens is 6. The molecule has 3 atom stereocenters. The number of benzene rings is 1. The maximum Gasteiger partial charge on any atom is 0.416 e. The van der Waals surface area contributed by atoms with Crippen LogP contribution in [0.4, 0.5) is 32.0 Å². The van der Waals surface area contributed by atoms with Crippen LogP contribution in [-0.4, -0.2) is 34.4 Å². The Kier molecular flexibility index (Phi) is 7.84. The van der Waals surface area contributed by atoms with Crippen LogP contribution in [0.5, 0.6) is 0 Å². The van der Waals surface area contributed by atoms with Crippen molar-refractivity contribution < 1.29 is 44.8 Å². The summed E-state index contributed by atoms with van der Waals surface area (Å²) >= 11 is 0. The molecule has 1 aromatic carbocycles. The van der Waals surface area contributed by atoms with Crippen molar-refractivity contribution in [3.63, 3.8) is 0 Å². The number of nitrogens with zero attached hydrogens (tertiary/aromatic N) is 2. The van der Waals surface area contributed by atoms with Gasteiger partial charge in [-0.3, -0.25) is 14.6 Å². The molecule has 1 saturated heterocycles. The van der Waals surface area contributed by atoms with E-state index in [0.29, 0.717) is 17.4 Å². The molecule has 13 heteroatoms. The van der Waals surface area contributed by atoms with Crippen molar-refractivity contribution in [2.75, 3.05) is 11.9 Å². The fourth-order valence-corrected chi connectivity index (χ4v) is 5.30. The van der Waals surface area contributed by atoms with E-state index in [4.69, 9.17) is 8.83 Å². The highest BCUT2D eigenvalue weighted by Gasteiger charge is 2.52. The van der Waals surface area contributed by atoms with E-state index in [0.717, 1.165) is 16.5 Å². The predicted octanol–water partition coefficient (Wildman–Crippen LogP) is 7.59. The van der Waals surface area contributed by atoms with Crippen molar-refractivity contribution in [2.45, 2.75) is 38.7 Å². The van der Waals surface area contributed by atoms with E-state index >= 15 is 0 Å². The standard InChI is InChI=1S/C30H25F6N3O4/c1-16-5-7-20(13-22(16)30(34,35)36)38-27(40)21-12-19(29(31,32)33)15-39(25(21)24-4-3-10-42-24)28(41)23-8-6-18(14-37-23)26-17(2)9-11-43-26/h3-11,13-14,19,21,25H,12,15H2,1-2H3,(H,38,40). The second-order valence-electron chi connectivity index (χ2n) is 10.4. The molecule has 1 aliphatic heterocycles. The highest BCUT2D eigenvalue weighted by atomic mass is 19.4. The maximum absolute atomic E-state index is 14.1. The van der Waals surface area contributed by atoms with Gasteiger partial charge in [-0.2, -0.15) is 26.3 Å². The third-order valence-corrected chi connectivity index (χ3v) is 7.49. The number of piperidine rings is 1. The van der Waals surface area contributed by atoms with Crippen LogP contribution in [0.25, 0.3) is 11.3 Å². The van der Waals surface area contributed by atoms with Gasteiger partial charge in [0.25, 0.3) is 5.91 Å². The van der Waals surface area contributed by atoms with E-state index in [9.17, 15) is 35.9 Å². The number of alkyl halides is 6. The fourth-order valence-electron chi connectivity index (χ4n) is 5.30. The lowest BCUT2D eigenvalue weighted by molar-refractivity contribution is -0.194. The summed E-state index contributed by atoms with van der Waals surface area (Å²) in [6.45, 7) is 2.26. The Bertz CT molecular complexity index is 1610. The van der Waals surface area contributed by atoms with Gasteiger partial charge in [-0.1, -0.05) is 6.07 Å². The van der Waals surface area contributed by atoms with Crippen LogP contribution in [0.2, 0.25) is 0 Å². The van der Waals surface area contributed by atoms with Gasteiger partial charge in [0.15, 0.2) is 0 Å². The summed E-state index contributed by atoms with van der Waals surface area (Å²) in [5, 5.41) is 2.33. The van der Waals surface area contributed by atoms with Crippen LogP contribution in [0, 0.1) is 25.7 Å². The SMILES string of the molecule is Cc1ccc(NC(=O)C2CC(C(F)(F)F)CN(C(=O)c3ccc(-c4occc4C)cn3)C2c2ccco2)cc1C(F)(F)F. The van der Waals surface area contributed by atoms with Gasteiger partial charge in [0, 0.05) is 24.0 Å². The number of nitrogens with one attached hydrogen (secondary N) is 1. The smallest absolute Gasteiger partial charge is 0.416 e. The maximum atomic E-state index is 14.1. The second-order valence-corrected chi connectivity index (χ2v) is 10.4. The predicted molar refractivity (Wildman–Crippen MR) is 142 cm³/mol. The van der Waals surface area contributed by atoms with Gasteiger partial charge in [-0.25, -0.2) is 0 Å². The zero-order chi connectivity index (χ0) is 31.1. The lowest BCUT2D eigenvalue weighted by atomic mass is 9.80. The highest BCUT2D eigenvalue weighted by molar-refractivity contribution is 5.96. The molecule has 0 aliphatic carbocycles. The third kappa shape index (κ3) is 6.15. The number of aryl methyl sites for hydroxylation is 2. The normalized spacial score (nSPS) is 19.3. The minimum Gasteiger partial charge on any atom is -0.467 e. The first-order valence-corrected chi connectivity index (χ1v) is 13.1. The van der Waals surface area contributed by atoms with Gasteiger partial charge in [-0.15, -0.1) is 0 Å². The molecule has 0 spiro atoms. The molecule has 4 heterocycles. The number of amides is 2. The molecule has 3 aromatic heterocycles. The van der Waals surface area contributed by atoms with Crippen molar-refractivity contribution in [2.24, 2.45) is 11.8 Å². The molecule has 226 valence electrons. The molecular formula is C30H25F6N3O4. The highest BCUT2D eigenvalue weighted by Crippen LogP contribution is 2.45. The van der Waals surface area contributed by atoms with E-state index in [1.807, 2.05) is 6.92 Å². The van der Waals surface area contributed by atoms with Gasteiger partial charge in [-0.05, 0) is 73.9 Å². The topological polar surface area (TPSA) is 88.6 Å². The summed E-state index contributed by atoms with van der Waals surface area (Å²) < 4.78 is 93.7. The molecule has 1 aliphatic rings. The largest absolute Gasteiger partial charge is 0.467 e. The number of likely N-dealkylation sites (tertiary alicyclic amines) is 1. The Morgan fingerprint density at radius 2 is 1.72 bits per heavy atom. The Morgan fingerprint density at radius 3 is 2.30 bits per heavy atom. The number of pyridine rings is 1. The molecule has 1 fully saturated rings. The molecule has 3 unspecified atom stereocenters. The quantitative estimate of drug-likeness (QED) is 0.237. The van der Waals surface area contributed by atoms with Crippen LogP contribution in [-0.2, 0) is 11.0 Å². The average Bonchev–Trinajstić information content (AvgIpc) is 3.64. The molecule has 0 bridgehead atoms. The summed E-state index contributed by atoms with van der Waals surface area (Å²) in [7, 11) is 0. The second kappa shape index (κ2) is 11.3. The van der Waals surface area contributed by atoms with Crippen molar-refractivity contribution >= 4 is 17.5 Å². The van der Waals surface area contributed by atoms with Gasteiger partial charge in [0.2, 0.25) is 5.91 Å². The molecule has 0 radical (unpaired) electrons. The number of aromatic nitrogens is 1. The molecule has 7 nitrogen and oxygen atoms in total. The number of rotatable bonds is 5. The number of carbonyl (C=O) groups is 2. The van der Waals surface area contributed by atoms with E-state index in [2.05, 4.69) is 10.3 Å². The van der Waals surface area contributed by atoms with Crippen LogP contribution >= 0.6 is 0 Å². The van der Waals surface area contributed by atoms with Crippen LogP contribution in [0.3, 0.4) is 0 Å². The zero-order valence-corrected chi connectivity index (χ0v) is 22.8. The van der Waals surface area contributed by atoms with Crippen molar-refractivity contribution in [3.8, 4) is 11.3 Å². The molecule has 1 N–H and O–H groups in total. The van der Waals surface area contributed by atoms with Crippen LogP contribution in [0.1, 0.15) is 45.4 Å². The number of hydrogen-bond acceptors (Lipinski definition) is 5. The van der Waals surface area contributed by atoms with E-state index in [1.54, 1.807) is 12.1 Å². The number of anilines is 1. The summed E-state index contributed by atoms with van der Waals surface area (Å²) in [6, 6.07) is 9.28. The summed E-state index contributed by atoms with van der Waals surface area (Å²) in [5.41, 5.74) is -0.167. The van der Waals surface area contributed by atoms with Crippen molar-refractivity contribution in [1.82, 2.24) is 9.88 Å². The van der Waals surface area contributed by atoms with Crippen LogP contribution < -0.4 is 5.32 Å². The van der Waals surface area contributed by atoms with E-state index in [-0.39, 0.29) is 22.7 Å². The molecule has 43 heavy (non-hydrogen) atoms. The number of carbonyl (C=O) groups excluding carboxylic acids is 2. The Hall–Kier alpha value is -4.55. The Morgan fingerprint density at radius 1 is 0.953 bits per heavy atom. The Labute approximate surface area is 241 Å². The molecule has 2 amide bonds. The molecule has 5 rings (SSSR count). The first-order chi connectivity index (χ1) is 20.2. The molecule has 4 aromatic rings. The summed E-state index contributed by atoms with van der Waals surface area (Å²) in [5.74, 6) is -4.97. The van der Waals surface area contributed by atoms with Gasteiger partial charge in [0.05, 0.1) is 29.9 Å². The molecular weight excluding hydrogens is 580 g/mol. The Balaban J connectivity index is 1.51. The van der Waals surface area contributed by atoms with E-state index in [1.165, 1.54) is 49.9 Å². The number of hydrogen-bond donors (Lipinski definition) is 1. The minimum absolute atomic E-state index is 0.0387. The molecule has 0 saturated carbocycles. The third-order valence-electron chi connectivity index (χ3n) is 7.49. The minimum atomic E-state index is -4.79.